The number of benzene rings is 2. The van der Waals surface area contributed by atoms with Crippen molar-refractivity contribution in [3.05, 3.63) is 74.4 Å². The summed E-state index contributed by atoms with van der Waals surface area (Å²) in [6, 6.07) is 10.9. The number of ketones is 1. The number of aromatic nitrogens is 2. The molecule has 164 valence electrons. The van der Waals surface area contributed by atoms with Crippen molar-refractivity contribution >= 4 is 35.0 Å². The number of nitrogens with two attached hydrogens (primary N) is 1. The van der Waals surface area contributed by atoms with Gasteiger partial charge < -0.3 is 16.2 Å². The smallest absolute Gasteiger partial charge is 0.331 e. The van der Waals surface area contributed by atoms with Crippen molar-refractivity contribution in [1.29, 1.82) is 0 Å². The summed E-state index contributed by atoms with van der Waals surface area (Å²) in [7, 11) is 1.45. The van der Waals surface area contributed by atoms with E-state index >= 15 is 0 Å². The molecule has 2 aromatic carbocycles. The second-order valence-corrected chi connectivity index (χ2v) is 6.87. The number of hydrogen-bond donors (Lipinski definition) is 3. The number of carbonyl (C=O) groups excluding carboxylic acids is 2. The molecule has 1 heterocycles. The van der Waals surface area contributed by atoms with Gasteiger partial charge in [0, 0.05) is 19.2 Å². The van der Waals surface area contributed by atoms with Crippen molar-refractivity contribution in [2.75, 3.05) is 13.1 Å². The number of amides is 1. The van der Waals surface area contributed by atoms with E-state index in [-0.39, 0.29) is 47.2 Å². The first-order valence-corrected chi connectivity index (χ1v) is 9.36. The summed E-state index contributed by atoms with van der Waals surface area (Å²) in [5.41, 5.74) is 5.17. The van der Waals surface area contributed by atoms with Crippen LogP contribution in [0.4, 0.5) is 0 Å². The highest BCUT2D eigenvalue weighted by Crippen LogP contribution is 2.18. The Labute approximate surface area is 183 Å². The molecule has 0 unspecified atom stereocenters. The van der Waals surface area contributed by atoms with Crippen LogP contribution in [0.25, 0.3) is 10.9 Å². The molecule has 0 aliphatic rings. The molecule has 31 heavy (non-hydrogen) atoms. The maximum Gasteiger partial charge on any atom is 0.331 e. The van der Waals surface area contributed by atoms with Crippen LogP contribution in [0.15, 0.2) is 52.1 Å². The van der Waals surface area contributed by atoms with Crippen LogP contribution >= 0.6 is 12.4 Å². The summed E-state index contributed by atoms with van der Waals surface area (Å²) >= 11 is 0. The van der Waals surface area contributed by atoms with Crippen molar-refractivity contribution in [2.45, 2.75) is 13.0 Å². The Hall–Kier alpha value is -3.43. The molecule has 4 N–H and O–H groups in total. The summed E-state index contributed by atoms with van der Waals surface area (Å²) in [4.78, 5) is 48.3. The third-order valence-corrected chi connectivity index (χ3v) is 4.85. The second kappa shape index (κ2) is 10.1. The minimum Gasteiger partial charge on any atom is -0.507 e. The Bertz CT molecular complexity index is 1250. The molecule has 0 bridgehead atoms. The first kappa shape index (κ1) is 23.8. The zero-order valence-corrected chi connectivity index (χ0v) is 17.6. The van der Waals surface area contributed by atoms with Gasteiger partial charge in [-0.15, -0.1) is 12.4 Å². The number of primary amides is 1. The largest absolute Gasteiger partial charge is 0.507 e. The van der Waals surface area contributed by atoms with E-state index in [4.69, 9.17) is 5.73 Å². The van der Waals surface area contributed by atoms with E-state index in [0.29, 0.717) is 30.4 Å². The summed E-state index contributed by atoms with van der Waals surface area (Å²) in [5, 5.41) is 13.1. The number of aromatic hydroxyl groups is 1. The van der Waals surface area contributed by atoms with E-state index in [1.54, 1.807) is 28.8 Å². The Kier molecular flexibility index (Phi) is 7.73. The Morgan fingerprint density at radius 1 is 1.13 bits per heavy atom. The quantitative estimate of drug-likeness (QED) is 0.345. The van der Waals surface area contributed by atoms with Gasteiger partial charge in [-0.2, -0.15) is 0 Å². The number of nitrogens with one attached hydrogen (secondary N) is 1. The van der Waals surface area contributed by atoms with Gasteiger partial charge in [-0.1, -0.05) is 12.1 Å². The molecule has 0 spiro atoms. The van der Waals surface area contributed by atoms with E-state index in [1.165, 1.54) is 25.2 Å². The number of phenols is 1. The van der Waals surface area contributed by atoms with Crippen LogP contribution < -0.4 is 22.3 Å². The lowest BCUT2D eigenvalue weighted by Gasteiger charge is -2.12. The zero-order valence-electron chi connectivity index (χ0n) is 16.8. The lowest BCUT2D eigenvalue weighted by Crippen LogP contribution is -2.38. The van der Waals surface area contributed by atoms with Crippen molar-refractivity contribution in [2.24, 2.45) is 12.8 Å². The number of nitrogens with zero attached hydrogens (tertiary/aromatic N) is 2. The van der Waals surface area contributed by atoms with Gasteiger partial charge in [0.2, 0.25) is 0 Å². The third kappa shape index (κ3) is 5.01. The molecule has 3 aromatic rings. The minimum absolute atomic E-state index is 0. The predicted molar refractivity (Wildman–Crippen MR) is 119 cm³/mol. The Morgan fingerprint density at radius 2 is 1.84 bits per heavy atom. The number of fused-ring (bicyclic) bond motifs is 1. The maximum atomic E-state index is 12.5. The molecular weight excluding hydrogens is 424 g/mol. The van der Waals surface area contributed by atoms with Gasteiger partial charge in [-0.05, 0) is 43.3 Å². The standard InChI is InChI=1S/C21H22N4O5.ClH/c1-24-20(29)14-5-2-3-6-16(14)25(21(24)30)10-4-9-23-12-18(27)13-7-8-17(26)15(11-13)19(22)28;/h2-3,5-8,11,23,26H,4,9-10,12H2,1H3,(H2,22,28);1H. The lowest BCUT2D eigenvalue weighted by molar-refractivity contribution is 0.0991. The van der Waals surface area contributed by atoms with E-state index in [9.17, 15) is 24.3 Å². The number of hydrogen-bond acceptors (Lipinski definition) is 6. The molecule has 0 radical (unpaired) electrons. The fourth-order valence-corrected chi connectivity index (χ4v) is 3.23. The van der Waals surface area contributed by atoms with Crippen molar-refractivity contribution < 1.29 is 14.7 Å². The van der Waals surface area contributed by atoms with Gasteiger partial charge in [0.05, 0.1) is 23.0 Å². The van der Waals surface area contributed by atoms with Crippen LogP contribution in [0.5, 0.6) is 5.75 Å². The molecule has 0 aliphatic carbocycles. The molecule has 1 aromatic heterocycles. The van der Waals surface area contributed by atoms with Crippen LogP contribution in [-0.2, 0) is 13.6 Å². The van der Waals surface area contributed by atoms with Crippen LogP contribution in [0.1, 0.15) is 27.1 Å². The number of Topliss-reactive ketones (excluding diaryl/α,β-unsaturated/α-hetero) is 1. The monoisotopic (exact) mass is 446 g/mol. The first-order valence-electron chi connectivity index (χ1n) is 9.36. The van der Waals surface area contributed by atoms with Gasteiger partial charge in [0.1, 0.15) is 5.75 Å². The number of halogens is 1. The molecule has 1 amide bonds. The first-order chi connectivity index (χ1) is 14.3. The topological polar surface area (TPSA) is 136 Å². The highest BCUT2D eigenvalue weighted by molar-refractivity contribution is 6.02. The van der Waals surface area contributed by atoms with E-state index in [1.807, 2.05) is 0 Å². The maximum absolute atomic E-state index is 12.5. The average Bonchev–Trinajstić information content (AvgIpc) is 2.74. The Balaban J connectivity index is 0.00000341. The van der Waals surface area contributed by atoms with Gasteiger partial charge in [0.15, 0.2) is 5.78 Å². The molecule has 0 saturated carbocycles. The fraction of sp³-hybridized carbons (Fsp3) is 0.238. The van der Waals surface area contributed by atoms with Gasteiger partial charge in [-0.3, -0.25) is 23.5 Å². The van der Waals surface area contributed by atoms with Crippen LogP contribution in [0.3, 0.4) is 0 Å². The van der Waals surface area contributed by atoms with Crippen molar-refractivity contribution in [3.63, 3.8) is 0 Å². The highest BCUT2D eigenvalue weighted by Gasteiger charge is 2.13. The highest BCUT2D eigenvalue weighted by atomic mass is 35.5. The lowest BCUT2D eigenvalue weighted by atomic mass is 10.1. The molecule has 0 fully saturated rings. The van der Waals surface area contributed by atoms with Gasteiger partial charge in [0.25, 0.3) is 11.5 Å². The summed E-state index contributed by atoms with van der Waals surface area (Å²) in [6.45, 7) is 0.849. The molecular formula is C21H23ClN4O5. The summed E-state index contributed by atoms with van der Waals surface area (Å²) < 4.78 is 2.62. The molecule has 0 aliphatic heterocycles. The van der Waals surface area contributed by atoms with Crippen molar-refractivity contribution in [3.8, 4) is 5.75 Å². The van der Waals surface area contributed by atoms with E-state index in [0.717, 1.165) is 4.57 Å². The summed E-state index contributed by atoms with van der Waals surface area (Å²) in [5.74, 6) is -1.35. The predicted octanol–water partition coefficient (Wildman–Crippen LogP) is 0.789. The van der Waals surface area contributed by atoms with Gasteiger partial charge >= 0.3 is 5.69 Å². The van der Waals surface area contributed by atoms with Crippen LogP contribution in [0, 0.1) is 0 Å². The number of carbonyl (C=O) groups is 2. The van der Waals surface area contributed by atoms with Crippen LogP contribution in [0.2, 0.25) is 0 Å². The van der Waals surface area contributed by atoms with Gasteiger partial charge in [-0.25, -0.2) is 4.79 Å². The van der Waals surface area contributed by atoms with Crippen molar-refractivity contribution in [1.82, 2.24) is 14.5 Å². The minimum atomic E-state index is -0.815. The number of rotatable bonds is 8. The normalized spacial score (nSPS) is 10.6. The number of para-hydroxylation sites is 1. The molecule has 9 nitrogen and oxygen atoms in total. The third-order valence-electron chi connectivity index (χ3n) is 4.85. The molecule has 10 heteroatoms. The summed E-state index contributed by atoms with van der Waals surface area (Å²) in [6.07, 6.45) is 0.553. The second-order valence-electron chi connectivity index (χ2n) is 6.87. The van der Waals surface area contributed by atoms with E-state index in [2.05, 4.69) is 5.32 Å². The SMILES string of the molecule is Cl.Cn1c(=O)c2ccccc2n(CCCNCC(=O)c2ccc(O)c(C(N)=O)c2)c1=O. The molecule has 0 atom stereocenters. The average molecular weight is 447 g/mol. The van der Waals surface area contributed by atoms with E-state index < -0.39 is 11.6 Å². The molecule has 3 rings (SSSR count). The molecule has 0 saturated heterocycles. The Morgan fingerprint density at radius 3 is 2.55 bits per heavy atom. The fourth-order valence-electron chi connectivity index (χ4n) is 3.23. The number of aryl methyl sites for hydroxylation is 1. The van der Waals surface area contributed by atoms with Crippen LogP contribution in [-0.4, -0.2) is 39.0 Å². The zero-order chi connectivity index (χ0) is 21.8.